The molecule has 0 radical (unpaired) electrons. The quantitative estimate of drug-likeness (QED) is 0.626. The van der Waals surface area contributed by atoms with E-state index in [1.165, 1.54) is 11.8 Å². The number of aromatic hydroxyl groups is 1. The topological polar surface area (TPSA) is 82.7 Å². The van der Waals surface area contributed by atoms with E-state index in [2.05, 4.69) is 15.0 Å². The van der Waals surface area contributed by atoms with Crippen molar-refractivity contribution >= 4 is 23.4 Å². The number of carbonyl (C=O) groups excluding carboxylic acids is 1. The Hall–Kier alpha value is -3.00. The van der Waals surface area contributed by atoms with Crippen LogP contribution in [-0.2, 0) is 5.75 Å². The molecule has 1 fully saturated rings. The van der Waals surface area contributed by atoms with Gasteiger partial charge in [-0.3, -0.25) is 4.79 Å². The van der Waals surface area contributed by atoms with Crippen molar-refractivity contribution in [2.75, 3.05) is 31.1 Å². The van der Waals surface area contributed by atoms with Crippen LogP contribution >= 0.6 is 11.8 Å². The number of pyridine rings is 1. The lowest BCUT2D eigenvalue weighted by Crippen LogP contribution is -2.48. The van der Waals surface area contributed by atoms with Crippen LogP contribution in [0.15, 0.2) is 52.1 Å². The zero-order chi connectivity index (χ0) is 21.1. The standard InChI is InChI=1S/C22H24N4O3S/c1-15-20(16(2)29-24-15)14-30-21-19(7-4-8-23-21)22(28)26-11-9-25(10-12-26)17-5-3-6-18(27)13-17/h3-8,13,27H,9-12,14H2,1-2H3. The van der Waals surface area contributed by atoms with Crippen LogP contribution in [0.4, 0.5) is 5.69 Å². The molecule has 8 heteroatoms. The van der Waals surface area contributed by atoms with E-state index in [-0.39, 0.29) is 11.7 Å². The summed E-state index contributed by atoms with van der Waals surface area (Å²) in [5.74, 6) is 1.71. The van der Waals surface area contributed by atoms with Crippen LogP contribution < -0.4 is 4.90 Å². The second-order valence-corrected chi connectivity index (χ2v) is 8.21. The highest BCUT2D eigenvalue weighted by atomic mass is 32.2. The number of aryl methyl sites for hydroxylation is 2. The first-order valence-corrected chi connectivity index (χ1v) is 10.8. The summed E-state index contributed by atoms with van der Waals surface area (Å²) >= 11 is 1.53. The van der Waals surface area contributed by atoms with Crippen molar-refractivity contribution in [1.82, 2.24) is 15.0 Å². The molecule has 1 aliphatic heterocycles. The molecule has 1 aromatic carbocycles. The van der Waals surface area contributed by atoms with E-state index in [4.69, 9.17) is 4.52 Å². The number of piperazine rings is 1. The molecular weight excluding hydrogens is 400 g/mol. The maximum absolute atomic E-state index is 13.2. The van der Waals surface area contributed by atoms with Crippen molar-refractivity contribution in [1.29, 1.82) is 0 Å². The lowest BCUT2D eigenvalue weighted by Gasteiger charge is -2.36. The summed E-state index contributed by atoms with van der Waals surface area (Å²) in [4.78, 5) is 21.7. The molecule has 1 amide bonds. The number of hydrogen-bond acceptors (Lipinski definition) is 7. The van der Waals surface area contributed by atoms with Gasteiger partial charge >= 0.3 is 0 Å². The largest absolute Gasteiger partial charge is 0.508 e. The Labute approximate surface area is 179 Å². The van der Waals surface area contributed by atoms with Crippen molar-refractivity contribution in [3.8, 4) is 5.75 Å². The van der Waals surface area contributed by atoms with Crippen LogP contribution in [0, 0.1) is 13.8 Å². The zero-order valence-electron chi connectivity index (χ0n) is 17.0. The third-order valence-corrected chi connectivity index (χ3v) is 6.33. The van der Waals surface area contributed by atoms with Gasteiger partial charge in [0.2, 0.25) is 0 Å². The Morgan fingerprint density at radius 3 is 2.67 bits per heavy atom. The maximum Gasteiger partial charge on any atom is 0.256 e. The third kappa shape index (κ3) is 4.28. The molecule has 0 atom stereocenters. The first-order chi connectivity index (χ1) is 14.5. The molecule has 1 aliphatic rings. The van der Waals surface area contributed by atoms with E-state index < -0.39 is 0 Å². The number of phenolic OH excluding ortho intramolecular Hbond substituents is 1. The second-order valence-electron chi connectivity index (χ2n) is 7.25. The molecule has 0 unspecified atom stereocenters. The molecule has 3 heterocycles. The predicted molar refractivity (Wildman–Crippen MR) is 116 cm³/mol. The van der Waals surface area contributed by atoms with E-state index in [9.17, 15) is 9.90 Å². The summed E-state index contributed by atoms with van der Waals surface area (Å²) in [5, 5.41) is 14.4. The van der Waals surface area contributed by atoms with Gasteiger partial charge in [0.15, 0.2) is 0 Å². The molecule has 0 aliphatic carbocycles. The van der Waals surface area contributed by atoms with Crippen LogP contribution in [0.5, 0.6) is 5.75 Å². The second kappa shape index (κ2) is 8.79. The number of anilines is 1. The van der Waals surface area contributed by atoms with Gasteiger partial charge in [-0.2, -0.15) is 0 Å². The Kier molecular flexibility index (Phi) is 5.94. The van der Waals surface area contributed by atoms with Crippen molar-refractivity contribution < 1.29 is 14.4 Å². The number of carbonyl (C=O) groups is 1. The van der Waals surface area contributed by atoms with Crippen LogP contribution in [0.25, 0.3) is 0 Å². The fourth-order valence-corrected chi connectivity index (χ4v) is 4.68. The SMILES string of the molecule is Cc1noc(C)c1CSc1ncccc1C(=O)N1CCN(c2cccc(O)c2)CC1. The summed E-state index contributed by atoms with van der Waals surface area (Å²) in [7, 11) is 0. The minimum Gasteiger partial charge on any atom is -0.508 e. The van der Waals surface area contributed by atoms with Crippen LogP contribution in [0.1, 0.15) is 27.4 Å². The molecule has 1 N–H and O–H groups in total. The summed E-state index contributed by atoms with van der Waals surface area (Å²) in [6.45, 7) is 6.50. The minimum atomic E-state index is -0.0000728. The average molecular weight is 425 g/mol. The summed E-state index contributed by atoms with van der Waals surface area (Å²) < 4.78 is 5.23. The molecule has 156 valence electrons. The van der Waals surface area contributed by atoms with Gasteiger partial charge in [-0.15, -0.1) is 11.8 Å². The summed E-state index contributed by atoms with van der Waals surface area (Å²) in [6.07, 6.45) is 1.71. The van der Waals surface area contributed by atoms with Gasteiger partial charge in [-0.25, -0.2) is 4.98 Å². The van der Waals surface area contributed by atoms with Gasteiger partial charge in [0.25, 0.3) is 5.91 Å². The molecule has 2 aromatic heterocycles. The maximum atomic E-state index is 13.2. The van der Waals surface area contributed by atoms with Crippen LogP contribution in [0.2, 0.25) is 0 Å². The number of phenols is 1. The molecule has 1 saturated heterocycles. The first-order valence-electron chi connectivity index (χ1n) is 9.86. The number of thioether (sulfide) groups is 1. The fraction of sp³-hybridized carbons (Fsp3) is 0.318. The molecular formula is C22H24N4O3S. The van der Waals surface area contributed by atoms with Crippen molar-refractivity contribution in [3.05, 3.63) is 65.2 Å². The van der Waals surface area contributed by atoms with Gasteiger partial charge < -0.3 is 19.4 Å². The highest BCUT2D eigenvalue weighted by Gasteiger charge is 2.25. The molecule has 30 heavy (non-hydrogen) atoms. The molecule has 0 saturated carbocycles. The lowest BCUT2D eigenvalue weighted by atomic mass is 10.2. The van der Waals surface area contributed by atoms with Crippen molar-refractivity contribution in [2.24, 2.45) is 0 Å². The lowest BCUT2D eigenvalue weighted by molar-refractivity contribution is 0.0742. The Morgan fingerprint density at radius 2 is 1.97 bits per heavy atom. The molecule has 4 rings (SSSR count). The van der Waals surface area contributed by atoms with E-state index in [0.717, 1.165) is 40.8 Å². The first kappa shape index (κ1) is 20.3. The van der Waals surface area contributed by atoms with Gasteiger partial charge in [0.05, 0.1) is 11.3 Å². The van der Waals surface area contributed by atoms with Crippen LogP contribution in [0.3, 0.4) is 0 Å². The summed E-state index contributed by atoms with van der Waals surface area (Å²) in [5.41, 5.74) is 3.51. The summed E-state index contributed by atoms with van der Waals surface area (Å²) in [6, 6.07) is 10.9. The highest BCUT2D eigenvalue weighted by Crippen LogP contribution is 2.28. The van der Waals surface area contributed by atoms with Crippen molar-refractivity contribution in [2.45, 2.75) is 24.6 Å². The number of benzene rings is 1. The number of nitrogens with zero attached hydrogens (tertiary/aromatic N) is 4. The van der Waals surface area contributed by atoms with Gasteiger partial charge in [0, 0.05) is 55.4 Å². The Bertz CT molecular complexity index is 1020. The number of rotatable bonds is 5. The van der Waals surface area contributed by atoms with Gasteiger partial charge in [-0.1, -0.05) is 11.2 Å². The Balaban J connectivity index is 1.43. The van der Waals surface area contributed by atoms with E-state index in [0.29, 0.717) is 24.4 Å². The monoisotopic (exact) mass is 424 g/mol. The molecule has 3 aromatic rings. The number of amides is 1. The van der Waals surface area contributed by atoms with Crippen LogP contribution in [-0.4, -0.2) is 52.2 Å². The Morgan fingerprint density at radius 1 is 1.17 bits per heavy atom. The van der Waals surface area contributed by atoms with Crippen molar-refractivity contribution in [3.63, 3.8) is 0 Å². The van der Waals surface area contributed by atoms with E-state index in [1.807, 2.05) is 36.9 Å². The molecule has 7 nitrogen and oxygen atoms in total. The zero-order valence-corrected chi connectivity index (χ0v) is 17.9. The number of aromatic nitrogens is 2. The highest BCUT2D eigenvalue weighted by molar-refractivity contribution is 7.98. The van der Waals surface area contributed by atoms with Gasteiger partial charge in [-0.05, 0) is 38.1 Å². The van der Waals surface area contributed by atoms with E-state index in [1.54, 1.807) is 24.4 Å². The minimum absolute atomic E-state index is 0.0000728. The third-order valence-electron chi connectivity index (χ3n) is 5.30. The average Bonchev–Trinajstić information content (AvgIpc) is 3.09. The van der Waals surface area contributed by atoms with Gasteiger partial charge in [0.1, 0.15) is 16.5 Å². The van der Waals surface area contributed by atoms with E-state index >= 15 is 0 Å². The smallest absolute Gasteiger partial charge is 0.256 e. The molecule has 0 spiro atoms. The number of hydrogen-bond donors (Lipinski definition) is 1. The fourth-order valence-electron chi connectivity index (χ4n) is 3.54. The normalized spacial score (nSPS) is 14.2. The molecule has 0 bridgehead atoms. The predicted octanol–water partition coefficient (Wildman–Crippen LogP) is 3.65.